The van der Waals surface area contributed by atoms with Crippen molar-refractivity contribution < 1.29 is 4.74 Å². The summed E-state index contributed by atoms with van der Waals surface area (Å²) >= 11 is 0. The fourth-order valence-electron chi connectivity index (χ4n) is 3.71. The molecule has 136 valence electrons. The van der Waals surface area contributed by atoms with Crippen molar-refractivity contribution in [3.05, 3.63) is 29.1 Å². The second-order valence-corrected chi connectivity index (χ2v) is 7.56. The van der Waals surface area contributed by atoms with E-state index in [4.69, 9.17) is 4.74 Å². The smallest absolute Gasteiger partial charge is 0.159 e. The average Bonchev–Trinajstić information content (AvgIpc) is 3.08. The molecule has 1 aliphatic heterocycles. The maximum Gasteiger partial charge on any atom is 0.159 e. The van der Waals surface area contributed by atoms with Crippen molar-refractivity contribution in [3.8, 4) is 0 Å². The molecule has 0 radical (unpaired) electrons. The summed E-state index contributed by atoms with van der Waals surface area (Å²) < 4.78 is 8.15. The zero-order chi connectivity index (χ0) is 17.2. The third kappa shape index (κ3) is 3.77. The molecule has 4 rings (SSSR count). The Morgan fingerprint density at radius 2 is 2.16 bits per heavy atom. The predicted octanol–water partition coefficient (Wildman–Crippen LogP) is 2.07. The number of fused-ring (bicyclic) bond motifs is 1. The number of aromatic amines is 1. The molecular formula is C18H28N6O. The normalized spacial score (nSPS) is 21.8. The number of rotatable bonds is 6. The number of aryl methyl sites for hydroxylation is 1. The fraction of sp³-hybridized carbons (Fsp3) is 0.722. The summed E-state index contributed by atoms with van der Waals surface area (Å²) in [6, 6.07) is 2.54. The van der Waals surface area contributed by atoms with Gasteiger partial charge in [0.25, 0.3) is 0 Å². The second-order valence-electron chi connectivity index (χ2n) is 7.56. The van der Waals surface area contributed by atoms with Gasteiger partial charge >= 0.3 is 0 Å². The van der Waals surface area contributed by atoms with Crippen LogP contribution in [0.25, 0.3) is 0 Å². The number of hydrogen-bond donors (Lipinski definition) is 1. The summed E-state index contributed by atoms with van der Waals surface area (Å²) in [5.41, 5.74) is 2.21. The highest BCUT2D eigenvalue weighted by Gasteiger charge is 2.25. The van der Waals surface area contributed by atoms with Crippen LogP contribution in [-0.2, 0) is 30.9 Å². The van der Waals surface area contributed by atoms with Crippen LogP contribution in [-0.4, -0.2) is 49.1 Å². The predicted molar refractivity (Wildman–Crippen MR) is 93.9 cm³/mol. The van der Waals surface area contributed by atoms with E-state index in [1.54, 1.807) is 0 Å². The molecule has 1 saturated carbocycles. The van der Waals surface area contributed by atoms with E-state index in [0.717, 1.165) is 61.6 Å². The van der Waals surface area contributed by atoms with Gasteiger partial charge in [-0.15, -0.1) is 10.2 Å². The number of nitrogens with one attached hydrogen (secondary N) is 1. The van der Waals surface area contributed by atoms with Crippen molar-refractivity contribution in [2.24, 2.45) is 5.92 Å². The van der Waals surface area contributed by atoms with Gasteiger partial charge < -0.3 is 9.30 Å². The van der Waals surface area contributed by atoms with Crippen LogP contribution in [0.4, 0.5) is 0 Å². The van der Waals surface area contributed by atoms with Crippen molar-refractivity contribution in [1.29, 1.82) is 0 Å². The maximum atomic E-state index is 5.89. The minimum atomic E-state index is 0.422. The molecule has 0 spiro atoms. The first kappa shape index (κ1) is 16.7. The van der Waals surface area contributed by atoms with Crippen molar-refractivity contribution >= 4 is 0 Å². The van der Waals surface area contributed by atoms with E-state index in [2.05, 4.69) is 42.9 Å². The number of nitrogens with zero attached hydrogens (tertiary/aromatic N) is 5. The van der Waals surface area contributed by atoms with Crippen LogP contribution in [0.5, 0.6) is 0 Å². The zero-order valence-corrected chi connectivity index (χ0v) is 15.2. The third-order valence-corrected chi connectivity index (χ3v) is 5.55. The highest BCUT2D eigenvalue weighted by atomic mass is 16.5. The van der Waals surface area contributed by atoms with Crippen molar-refractivity contribution in [2.45, 2.75) is 65.3 Å². The summed E-state index contributed by atoms with van der Waals surface area (Å²) in [6.07, 6.45) is 4.91. The SMILES string of the molecule is Cc1cc(CN2CCn3c(COCC4CCC4)nnc3CC2C)n[nH]1. The van der Waals surface area contributed by atoms with Crippen molar-refractivity contribution in [2.75, 3.05) is 13.2 Å². The van der Waals surface area contributed by atoms with E-state index in [0.29, 0.717) is 12.6 Å². The number of aromatic nitrogens is 5. The Hall–Kier alpha value is -1.73. The lowest BCUT2D eigenvalue weighted by atomic mass is 9.86. The molecule has 2 aliphatic rings. The molecule has 1 aliphatic carbocycles. The highest BCUT2D eigenvalue weighted by molar-refractivity contribution is 5.07. The molecule has 7 heteroatoms. The summed E-state index contributed by atoms with van der Waals surface area (Å²) in [6.45, 7) is 8.51. The van der Waals surface area contributed by atoms with Crippen molar-refractivity contribution in [3.63, 3.8) is 0 Å². The van der Waals surface area contributed by atoms with E-state index < -0.39 is 0 Å². The van der Waals surface area contributed by atoms with Gasteiger partial charge in [0.15, 0.2) is 5.82 Å². The average molecular weight is 344 g/mol. The molecule has 3 heterocycles. The van der Waals surface area contributed by atoms with E-state index in [9.17, 15) is 0 Å². The first-order valence-corrected chi connectivity index (χ1v) is 9.42. The largest absolute Gasteiger partial charge is 0.373 e. The van der Waals surface area contributed by atoms with Crippen LogP contribution in [0.1, 0.15) is 49.2 Å². The van der Waals surface area contributed by atoms with E-state index in [1.165, 1.54) is 19.3 Å². The van der Waals surface area contributed by atoms with Gasteiger partial charge in [-0.05, 0) is 38.7 Å². The molecule has 1 fully saturated rings. The molecular weight excluding hydrogens is 316 g/mol. The molecule has 0 bridgehead atoms. The molecule has 1 unspecified atom stereocenters. The van der Waals surface area contributed by atoms with Crippen molar-refractivity contribution in [1.82, 2.24) is 29.9 Å². The minimum Gasteiger partial charge on any atom is -0.373 e. The quantitative estimate of drug-likeness (QED) is 0.868. The van der Waals surface area contributed by atoms with Crippen LogP contribution < -0.4 is 0 Å². The molecule has 2 aromatic rings. The first-order valence-electron chi connectivity index (χ1n) is 9.42. The Morgan fingerprint density at radius 1 is 1.28 bits per heavy atom. The van der Waals surface area contributed by atoms with E-state index in [-0.39, 0.29) is 0 Å². The lowest BCUT2D eigenvalue weighted by molar-refractivity contribution is 0.0542. The molecule has 1 atom stereocenters. The number of hydrogen-bond acceptors (Lipinski definition) is 5. The van der Waals surface area contributed by atoms with Crippen LogP contribution in [0.3, 0.4) is 0 Å². The third-order valence-electron chi connectivity index (χ3n) is 5.55. The fourth-order valence-corrected chi connectivity index (χ4v) is 3.71. The molecule has 7 nitrogen and oxygen atoms in total. The van der Waals surface area contributed by atoms with Gasteiger partial charge in [-0.3, -0.25) is 10.00 Å². The Balaban J connectivity index is 1.37. The Bertz CT molecular complexity index is 704. The minimum absolute atomic E-state index is 0.422. The number of ether oxygens (including phenoxy) is 1. The lowest BCUT2D eigenvalue weighted by Crippen LogP contribution is -2.34. The van der Waals surface area contributed by atoms with Crippen LogP contribution >= 0.6 is 0 Å². The van der Waals surface area contributed by atoms with Gasteiger partial charge in [-0.1, -0.05) is 6.42 Å². The van der Waals surface area contributed by atoms with Gasteiger partial charge in [-0.2, -0.15) is 5.10 Å². The molecule has 2 aromatic heterocycles. The molecule has 0 aromatic carbocycles. The van der Waals surface area contributed by atoms with Gasteiger partial charge in [0.05, 0.1) is 5.69 Å². The monoisotopic (exact) mass is 344 g/mol. The zero-order valence-electron chi connectivity index (χ0n) is 15.2. The van der Waals surface area contributed by atoms with Gasteiger partial charge in [-0.25, -0.2) is 0 Å². The Kier molecular flexibility index (Phi) is 4.85. The first-order chi connectivity index (χ1) is 12.2. The van der Waals surface area contributed by atoms with Gasteiger partial charge in [0.2, 0.25) is 0 Å². The van der Waals surface area contributed by atoms with Gasteiger partial charge in [0.1, 0.15) is 12.4 Å². The van der Waals surface area contributed by atoms with Crippen LogP contribution in [0, 0.1) is 12.8 Å². The van der Waals surface area contributed by atoms with Crippen LogP contribution in [0.15, 0.2) is 6.07 Å². The summed E-state index contributed by atoms with van der Waals surface area (Å²) in [5.74, 6) is 2.81. The Morgan fingerprint density at radius 3 is 2.88 bits per heavy atom. The van der Waals surface area contributed by atoms with Crippen LogP contribution in [0.2, 0.25) is 0 Å². The summed E-state index contributed by atoms with van der Waals surface area (Å²) in [7, 11) is 0. The molecule has 1 N–H and O–H groups in total. The van der Waals surface area contributed by atoms with Gasteiger partial charge in [0, 0.05) is 44.4 Å². The maximum absolute atomic E-state index is 5.89. The summed E-state index contributed by atoms with van der Waals surface area (Å²) in [5, 5.41) is 16.2. The highest BCUT2D eigenvalue weighted by Crippen LogP contribution is 2.26. The second kappa shape index (κ2) is 7.25. The standard InChI is InChI=1S/C18H28N6O/c1-13-8-16(20-19-13)10-23-6-7-24-17(9-14(23)2)21-22-18(24)12-25-11-15-4-3-5-15/h8,14-15H,3-7,9-12H2,1-2H3,(H,19,20). The van der Waals surface area contributed by atoms with E-state index in [1.807, 2.05) is 6.92 Å². The molecule has 0 saturated heterocycles. The molecule has 0 amide bonds. The number of H-pyrrole nitrogens is 1. The molecule has 25 heavy (non-hydrogen) atoms. The van der Waals surface area contributed by atoms with E-state index >= 15 is 0 Å². The lowest BCUT2D eigenvalue weighted by Gasteiger charge is -2.25. The summed E-state index contributed by atoms with van der Waals surface area (Å²) in [4.78, 5) is 2.48. The topological polar surface area (TPSA) is 71.9 Å². The Labute approximate surface area is 148 Å².